The van der Waals surface area contributed by atoms with Gasteiger partial charge in [0, 0.05) is 11.3 Å². The van der Waals surface area contributed by atoms with Gasteiger partial charge in [-0.1, -0.05) is 30.3 Å². The highest BCUT2D eigenvalue weighted by molar-refractivity contribution is 5.93. The number of anilines is 1. The number of methoxy groups -OCH3 is 1. The third-order valence-corrected chi connectivity index (χ3v) is 3.89. The van der Waals surface area contributed by atoms with Crippen molar-refractivity contribution in [3.63, 3.8) is 0 Å². The van der Waals surface area contributed by atoms with Gasteiger partial charge in [0.1, 0.15) is 11.8 Å². The zero-order valence-electron chi connectivity index (χ0n) is 14.4. The zero-order chi connectivity index (χ0) is 18.5. The Balaban J connectivity index is 1.77. The van der Waals surface area contributed by atoms with E-state index in [1.807, 2.05) is 30.3 Å². The lowest BCUT2D eigenvalue weighted by atomic mass is 10.2. The maximum Gasteiger partial charge on any atom is 0.365 e. The van der Waals surface area contributed by atoms with E-state index in [4.69, 9.17) is 4.74 Å². The Bertz CT molecular complexity index is 953. The highest BCUT2D eigenvalue weighted by Gasteiger charge is 2.18. The topological polar surface area (TPSA) is 86.1 Å². The van der Waals surface area contributed by atoms with Gasteiger partial charge in [-0.25, -0.2) is 9.48 Å². The van der Waals surface area contributed by atoms with E-state index in [0.717, 1.165) is 10.2 Å². The van der Waals surface area contributed by atoms with E-state index >= 15 is 0 Å². The van der Waals surface area contributed by atoms with Gasteiger partial charge in [-0.05, 0) is 31.2 Å². The van der Waals surface area contributed by atoms with Crippen molar-refractivity contribution >= 4 is 11.6 Å². The fourth-order valence-corrected chi connectivity index (χ4v) is 2.40. The van der Waals surface area contributed by atoms with Gasteiger partial charge in [-0.3, -0.25) is 4.79 Å². The van der Waals surface area contributed by atoms with Gasteiger partial charge in [-0.2, -0.15) is 10.1 Å². The molecular formula is C19H18N4O3. The summed E-state index contributed by atoms with van der Waals surface area (Å²) in [6, 6.07) is 15.4. The first-order chi connectivity index (χ1) is 12.6. The summed E-state index contributed by atoms with van der Waals surface area (Å²) in [7, 11) is 1.57. The fourth-order valence-electron chi connectivity index (χ4n) is 2.40. The first-order valence-corrected chi connectivity index (χ1v) is 8.04. The minimum absolute atomic E-state index is 0.362. The van der Waals surface area contributed by atoms with Crippen molar-refractivity contribution in [1.82, 2.24) is 14.8 Å². The van der Waals surface area contributed by atoms with Gasteiger partial charge >= 0.3 is 5.69 Å². The summed E-state index contributed by atoms with van der Waals surface area (Å²) < 4.78 is 6.14. The van der Waals surface area contributed by atoms with Crippen LogP contribution < -0.4 is 15.7 Å². The molecule has 7 heteroatoms. The lowest BCUT2D eigenvalue weighted by molar-refractivity contribution is -0.119. The second-order valence-electron chi connectivity index (χ2n) is 5.63. The van der Waals surface area contributed by atoms with Crippen LogP contribution in [-0.2, 0) is 4.79 Å². The summed E-state index contributed by atoms with van der Waals surface area (Å²) in [6.07, 6.45) is 1.48. The fraction of sp³-hybridized carbons (Fsp3) is 0.158. The predicted octanol–water partition coefficient (Wildman–Crippen LogP) is 2.51. The molecule has 0 aliphatic heterocycles. The van der Waals surface area contributed by atoms with Crippen LogP contribution >= 0.6 is 0 Å². The number of amides is 1. The molecule has 0 spiro atoms. The summed E-state index contributed by atoms with van der Waals surface area (Å²) in [5.41, 5.74) is 1.28. The molecule has 0 radical (unpaired) electrons. The average Bonchev–Trinajstić information content (AvgIpc) is 2.68. The summed E-state index contributed by atoms with van der Waals surface area (Å²) in [4.78, 5) is 28.7. The van der Waals surface area contributed by atoms with Crippen LogP contribution in [0.2, 0.25) is 0 Å². The van der Waals surface area contributed by atoms with E-state index in [-0.39, 0.29) is 5.91 Å². The minimum Gasteiger partial charge on any atom is -0.497 e. The van der Waals surface area contributed by atoms with E-state index in [2.05, 4.69) is 15.4 Å². The van der Waals surface area contributed by atoms with Gasteiger partial charge < -0.3 is 10.1 Å². The molecule has 1 aromatic heterocycles. The van der Waals surface area contributed by atoms with Crippen LogP contribution in [0.5, 0.6) is 5.75 Å². The number of aromatic nitrogens is 3. The molecule has 0 saturated carbocycles. The first kappa shape index (κ1) is 17.3. The van der Waals surface area contributed by atoms with Gasteiger partial charge in [0.25, 0.3) is 0 Å². The molecular weight excluding hydrogens is 332 g/mol. The van der Waals surface area contributed by atoms with Gasteiger partial charge in [0.2, 0.25) is 5.91 Å². The minimum atomic E-state index is -0.804. The smallest absolute Gasteiger partial charge is 0.365 e. The molecule has 132 valence electrons. The summed E-state index contributed by atoms with van der Waals surface area (Å²) >= 11 is 0. The largest absolute Gasteiger partial charge is 0.497 e. The maximum atomic E-state index is 12.4. The lowest BCUT2D eigenvalue weighted by Gasteiger charge is -2.14. The predicted molar refractivity (Wildman–Crippen MR) is 98.1 cm³/mol. The molecule has 0 fully saturated rings. The van der Waals surface area contributed by atoms with Crippen LogP contribution in [0.25, 0.3) is 11.3 Å². The van der Waals surface area contributed by atoms with Crippen LogP contribution in [0.15, 0.2) is 65.6 Å². The van der Waals surface area contributed by atoms with Crippen LogP contribution in [-0.4, -0.2) is 27.8 Å². The van der Waals surface area contributed by atoms with E-state index in [1.165, 1.54) is 6.20 Å². The number of ether oxygens (including phenoxy) is 1. The van der Waals surface area contributed by atoms with Crippen molar-refractivity contribution in [2.24, 2.45) is 0 Å². The molecule has 0 aliphatic rings. The van der Waals surface area contributed by atoms with Crippen molar-refractivity contribution in [3.8, 4) is 17.0 Å². The molecule has 3 rings (SSSR count). The van der Waals surface area contributed by atoms with Crippen molar-refractivity contribution in [2.45, 2.75) is 13.0 Å². The van der Waals surface area contributed by atoms with Crippen LogP contribution in [0, 0.1) is 0 Å². The number of nitrogens with zero attached hydrogens (tertiary/aromatic N) is 3. The molecule has 1 amide bonds. The molecule has 26 heavy (non-hydrogen) atoms. The Morgan fingerprint density at radius 3 is 2.42 bits per heavy atom. The van der Waals surface area contributed by atoms with Crippen LogP contribution in [0.1, 0.15) is 13.0 Å². The SMILES string of the molecule is COc1ccc(NC(=O)[C@@H](C)n2ncc(-c3ccccc3)nc2=O)cc1. The molecule has 0 bridgehead atoms. The number of rotatable bonds is 5. The van der Waals surface area contributed by atoms with Crippen molar-refractivity contribution in [3.05, 3.63) is 71.3 Å². The van der Waals surface area contributed by atoms with Gasteiger partial charge in [0.15, 0.2) is 0 Å². The number of hydrogen-bond donors (Lipinski definition) is 1. The van der Waals surface area contributed by atoms with Crippen molar-refractivity contribution in [1.29, 1.82) is 0 Å². The first-order valence-electron chi connectivity index (χ1n) is 8.04. The molecule has 1 N–H and O–H groups in total. The van der Waals surface area contributed by atoms with Crippen LogP contribution in [0.3, 0.4) is 0 Å². The quantitative estimate of drug-likeness (QED) is 0.764. The monoisotopic (exact) mass is 350 g/mol. The normalized spacial score (nSPS) is 11.6. The number of carbonyl (C=O) groups is 1. The number of nitrogens with one attached hydrogen (secondary N) is 1. The third-order valence-electron chi connectivity index (χ3n) is 3.89. The van der Waals surface area contributed by atoms with E-state index < -0.39 is 11.7 Å². The average molecular weight is 350 g/mol. The third kappa shape index (κ3) is 3.77. The molecule has 1 heterocycles. The number of carbonyl (C=O) groups excluding carboxylic acids is 1. The molecule has 0 saturated heterocycles. The van der Waals surface area contributed by atoms with E-state index in [9.17, 15) is 9.59 Å². The number of benzene rings is 2. The van der Waals surface area contributed by atoms with Crippen LogP contribution in [0.4, 0.5) is 5.69 Å². The van der Waals surface area contributed by atoms with Gasteiger partial charge in [0.05, 0.1) is 19.0 Å². The maximum absolute atomic E-state index is 12.4. The molecule has 7 nitrogen and oxygen atoms in total. The number of hydrogen-bond acceptors (Lipinski definition) is 5. The highest BCUT2D eigenvalue weighted by atomic mass is 16.5. The summed E-state index contributed by atoms with van der Waals surface area (Å²) in [6.45, 7) is 1.59. The summed E-state index contributed by atoms with van der Waals surface area (Å²) in [5, 5.41) is 6.85. The van der Waals surface area contributed by atoms with Gasteiger partial charge in [-0.15, -0.1) is 0 Å². The highest BCUT2D eigenvalue weighted by Crippen LogP contribution is 2.17. The molecule has 0 aliphatic carbocycles. The lowest BCUT2D eigenvalue weighted by Crippen LogP contribution is -2.34. The Morgan fingerprint density at radius 2 is 1.81 bits per heavy atom. The van der Waals surface area contributed by atoms with Crippen molar-refractivity contribution in [2.75, 3.05) is 12.4 Å². The van der Waals surface area contributed by atoms with Crippen molar-refractivity contribution < 1.29 is 9.53 Å². The second kappa shape index (κ2) is 7.60. The molecule has 3 aromatic rings. The molecule has 2 aromatic carbocycles. The molecule has 0 unspecified atom stereocenters. The Labute approximate surface area is 150 Å². The zero-order valence-corrected chi connectivity index (χ0v) is 14.4. The standard InChI is InChI=1S/C19H18N4O3/c1-13(18(24)21-15-8-10-16(26-2)11-9-15)23-19(25)22-17(12-20-23)14-6-4-3-5-7-14/h3-13H,1-2H3,(H,21,24)/t13-/m1/s1. The Kier molecular flexibility index (Phi) is 5.07. The van der Waals surface area contributed by atoms with E-state index in [1.54, 1.807) is 38.3 Å². The Morgan fingerprint density at radius 1 is 1.12 bits per heavy atom. The summed E-state index contributed by atoms with van der Waals surface area (Å²) in [5.74, 6) is 0.327. The Hall–Kier alpha value is -3.48. The second-order valence-corrected chi connectivity index (χ2v) is 5.63. The molecule has 1 atom stereocenters. The van der Waals surface area contributed by atoms with E-state index in [0.29, 0.717) is 17.1 Å².